The van der Waals surface area contributed by atoms with Gasteiger partial charge in [0.2, 0.25) is 0 Å². The molecule has 1 atom stereocenters. The van der Waals surface area contributed by atoms with Crippen molar-refractivity contribution < 1.29 is 24.2 Å². The fourth-order valence-electron chi connectivity index (χ4n) is 3.19. The van der Waals surface area contributed by atoms with Crippen LogP contribution in [0.4, 0.5) is 5.69 Å². The Hall–Kier alpha value is -2.72. The number of methoxy groups -OCH3 is 1. The number of aryl methyl sites for hydroxylation is 1. The molecule has 3 heterocycles. The van der Waals surface area contributed by atoms with Crippen LogP contribution in [0.25, 0.3) is 11.0 Å². The molecule has 0 bridgehead atoms. The van der Waals surface area contributed by atoms with Gasteiger partial charge in [-0.05, 0) is 19.8 Å². The summed E-state index contributed by atoms with van der Waals surface area (Å²) < 4.78 is 11.8. The Balaban J connectivity index is 1.96. The largest absolute Gasteiger partial charge is 0.467 e. The third kappa shape index (κ3) is 4.07. The zero-order valence-corrected chi connectivity index (χ0v) is 16.0. The molecular weight excluding hydrogens is 366 g/mol. The molecule has 10 heteroatoms. The third-order valence-corrected chi connectivity index (χ3v) is 4.75. The Morgan fingerprint density at radius 3 is 2.79 bits per heavy atom. The topological polar surface area (TPSA) is 128 Å². The van der Waals surface area contributed by atoms with Gasteiger partial charge in [-0.15, -0.1) is 0 Å². The molecule has 1 aliphatic rings. The summed E-state index contributed by atoms with van der Waals surface area (Å²) >= 11 is 0. The van der Waals surface area contributed by atoms with Crippen LogP contribution in [0, 0.1) is 0 Å². The highest BCUT2D eigenvalue weighted by Crippen LogP contribution is 2.28. The summed E-state index contributed by atoms with van der Waals surface area (Å²) in [5, 5.41) is 20.4. The molecule has 3 N–H and O–H groups in total. The highest BCUT2D eigenvalue weighted by atomic mass is 16.5. The molecule has 1 amide bonds. The summed E-state index contributed by atoms with van der Waals surface area (Å²) in [7, 11) is 1.20. The van der Waals surface area contributed by atoms with Crippen LogP contribution < -0.4 is 10.6 Å². The zero-order valence-electron chi connectivity index (χ0n) is 16.0. The van der Waals surface area contributed by atoms with Gasteiger partial charge in [-0.2, -0.15) is 5.10 Å². The minimum Gasteiger partial charge on any atom is -0.467 e. The number of esters is 1. The Morgan fingerprint density at radius 1 is 1.39 bits per heavy atom. The molecule has 152 valence electrons. The molecule has 2 aromatic heterocycles. The summed E-state index contributed by atoms with van der Waals surface area (Å²) in [6, 6.07) is -1.01. The van der Waals surface area contributed by atoms with Gasteiger partial charge in [-0.25, -0.2) is 14.5 Å². The van der Waals surface area contributed by atoms with Gasteiger partial charge in [0.05, 0.1) is 36.6 Å². The van der Waals surface area contributed by atoms with Gasteiger partial charge < -0.3 is 25.2 Å². The number of anilines is 1. The molecule has 1 saturated heterocycles. The lowest BCUT2D eigenvalue weighted by molar-refractivity contribution is -0.143. The number of aliphatic hydroxyl groups is 1. The number of hydrogen-bond donors (Lipinski definition) is 3. The van der Waals surface area contributed by atoms with Crippen LogP contribution in [0.1, 0.15) is 30.1 Å². The average molecular weight is 391 g/mol. The van der Waals surface area contributed by atoms with Crippen molar-refractivity contribution in [3.63, 3.8) is 0 Å². The molecule has 0 radical (unpaired) electrons. The first-order valence-corrected chi connectivity index (χ1v) is 9.27. The van der Waals surface area contributed by atoms with Gasteiger partial charge in [0, 0.05) is 32.0 Å². The fourth-order valence-corrected chi connectivity index (χ4v) is 3.19. The van der Waals surface area contributed by atoms with Crippen molar-refractivity contribution in [1.29, 1.82) is 0 Å². The Morgan fingerprint density at radius 2 is 2.14 bits per heavy atom. The number of rotatable bonds is 7. The van der Waals surface area contributed by atoms with Crippen molar-refractivity contribution in [3.05, 3.63) is 18.0 Å². The van der Waals surface area contributed by atoms with Crippen molar-refractivity contribution in [3.8, 4) is 0 Å². The van der Waals surface area contributed by atoms with Gasteiger partial charge in [0.15, 0.2) is 11.7 Å². The lowest BCUT2D eigenvalue weighted by Gasteiger charge is -2.25. The van der Waals surface area contributed by atoms with E-state index >= 15 is 0 Å². The van der Waals surface area contributed by atoms with Crippen LogP contribution in [-0.4, -0.2) is 70.8 Å². The molecule has 1 aliphatic heterocycles. The number of nitrogens with one attached hydrogen (secondary N) is 2. The zero-order chi connectivity index (χ0) is 20.1. The first kappa shape index (κ1) is 20.0. The molecule has 0 spiro atoms. The van der Waals surface area contributed by atoms with E-state index in [0.717, 1.165) is 18.2 Å². The van der Waals surface area contributed by atoms with Gasteiger partial charge in [0.1, 0.15) is 0 Å². The van der Waals surface area contributed by atoms with E-state index in [9.17, 15) is 14.7 Å². The molecule has 0 aliphatic carbocycles. The smallest absolute Gasteiger partial charge is 0.330 e. The average Bonchev–Trinajstić information content (AvgIpc) is 3.16. The van der Waals surface area contributed by atoms with Crippen LogP contribution >= 0.6 is 0 Å². The number of carbonyl (C=O) groups excluding carboxylic acids is 2. The Bertz CT molecular complexity index is 846. The lowest BCUT2D eigenvalue weighted by Crippen LogP contribution is -2.44. The lowest BCUT2D eigenvalue weighted by atomic mass is 10.1. The summed E-state index contributed by atoms with van der Waals surface area (Å²) in [5.41, 5.74) is 1.55. The maximum Gasteiger partial charge on any atom is 0.330 e. The van der Waals surface area contributed by atoms with Crippen LogP contribution in [0.2, 0.25) is 0 Å². The van der Waals surface area contributed by atoms with Gasteiger partial charge in [0.25, 0.3) is 5.91 Å². The standard InChI is InChI=1S/C18H25N5O5/c1-3-23-16-12(9-20-23)15(21-11-4-6-28-7-5-11)13(8-19-16)17(25)22-14(10-24)18(26)27-2/h8-9,11,14,24H,3-7,10H2,1-2H3,(H,19,21)(H,22,25). The Labute approximate surface area is 162 Å². The van der Waals surface area contributed by atoms with E-state index in [-0.39, 0.29) is 11.6 Å². The monoisotopic (exact) mass is 391 g/mol. The second-order valence-corrected chi connectivity index (χ2v) is 6.51. The van der Waals surface area contributed by atoms with Crippen molar-refractivity contribution in [2.24, 2.45) is 0 Å². The van der Waals surface area contributed by atoms with Crippen LogP contribution in [0.3, 0.4) is 0 Å². The first-order chi connectivity index (χ1) is 13.6. The normalized spacial score (nSPS) is 16.0. The Kier molecular flexibility index (Phi) is 6.42. The molecule has 3 rings (SSSR count). The molecule has 2 aromatic rings. The molecule has 10 nitrogen and oxygen atoms in total. The highest BCUT2D eigenvalue weighted by molar-refractivity contribution is 6.07. The van der Waals surface area contributed by atoms with E-state index in [1.807, 2.05) is 6.92 Å². The molecule has 1 unspecified atom stereocenters. The second kappa shape index (κ2) is 8.98. The highest BCUT2D eigenvalue weighted by Gasteiger charge is 2.26. The number of amides is 1. The number of nitrogens with zero attached hydrogens (tertiary/aromatic N) is 3. The fraction of sp³-hybridized carbons (Fsp3) is 0.556. The minimum absolute atomic E-state index is 0.144. The van der Waals surface area contributed by atoms with Gasteiger partial charge in [-0.3, -0.25) is 4.79 Å². The molecule has 0 aromatic carbocycles. The minimum atomic E-state index is -1.15. The van der Waals surface area contributed by atoms with Gasteiger partial charge in [-0.1, -0.05) is 0 Å². The number of fused-ring (bicyclic) bond motifs is 1. The SMILES string of the molecule is CCn1ncc2c(NC3CCOCC3)c(C(=O)NC(CO)C(=O)OC)cnc21. The van der Waals surface area contributed by atoms with Crippen molar-refractivity contribution in [2.45, 2.75) is 38.4 Å². The summed E-state index contributed by atoms with van der Waals surface area (Å²) in [6.45, 7) is 3.34. The van der Waals surface area contributed by atoms with E-state index in [0.29, 0.717) is 31.1 Å². The summed E-state index contributed by atoms with van der Waals surface area (Å²) in [5.74, 6) is -1.25. The maximum absolute atomic E-state index is 12.9. The van der Waals surface area contributed by atoms with E-state index in [1.165, 1.54) is 13.3 Å². The summed E-state index contributed by atoms with van der Waals surface area (Å²) in [4.78, 5) is 28.9. The molecule has 1 fully saturated rings. The van der Waals surface area contributed by atoms with Crippen molar-refractivity contribution >= 4 is 28.6 Å². The number of hydrogen-bond acceptors (Lipinski definition) is 8. The predicted octanol–water partition coefficient (Wildman–Crippen LogP) is 0.306. The van der Waals surface area contributed by atoms with Crippen LogP contribution in [0.15, 0.2) is 12.4 Å². The van der Waals surface area contributed by atoms with E-state index in [1.54, 1.807) is 10.9 Å². The van der Waals surface area contributed by atoms with Crippen molar-refractivity contribution in [2.75, 3.05) is 32.2 Å². The number of aliphatic hydroxyl groups excluding tert-OH is 1. The third-order valence-electron chi connectivity index (χ3n) is 4.75. The number of ether oxygens (including phenoxy) is 2. The van der Waals surface area contributed by atoms with Crippen LogP contribution in [-0.2, 0) is 20.8 Å². The maximum atomic E-state index is 12.9. The molecule has 0 saturated carbocycles. The second-order valence-electron chi connectivity index (χ2n) is 6.51. The van der Waals surface area contributed by atoms with E-state index in [2.05, 4.69) is 25.5 Å². The first-order valence-electron chi connectivity index (χ1n) is 9.27. The predicted molar refractivity (Wildman–Crippen MR) is 101 cm³/mol. The van der Waals surface area contributed by atoms with Gasteiger partial charge >= 0.3 is 5.97 Å². The van der Waals surface area contributed by atoms with Crippen molar-refractivity contribution in [1.82, 2.24) is 20.1 Å². The number of aromatic nitrogens is 3. The van der Waals surface area contributed by atoms with E-state index in [4.69, 9.17) is 4.74 Å². The number of carbonyl (C=O) groups is 2. The van der Waals surface area contributed by atoms with Crippen LogP contribution in [0.5, 0.6) is 0 Å². The number of pyridine rings is 1. The summed E-state index contributed by atoms with van der Waals surface area (Å²) in [6.07, 6.45) is 4.76. The van der Waals surface area contributed by atoms with E-state index < -0.39 is 24.5 Å². The quantitative estimate of drug-likeness (QED) is 0.575. The molecule has 28 heavy (non-hydrogen) atoms. The molecular formula is C18H25N5O5.